The Bertz CT molecular complexity index is 1700. The van der Waals surface area contributed by atoms with E-state index in [1.165, 1.54) is 10.3 Å². The number of aromatic nitrogens is 2. The van der Waals surface area contributed by atoms with E-state index in [0.29, 0.717) is 28.5 Å². The predicted octanol–water partition coefficient (Wildman–Crippen LogP) is 7.51. The lowest BCUT2D eigenvalue weighted by atomic mass is 10.1. The smallest absolute Gasteiger partial charge is 0.259 e. The highest BCUT2D eigenvalue weighted by Crippen LogP contribution is 2.26. The van der Waals surface area contributed by atoms with Crippen molar-refractivity contribution in [3.05, 3.63) is 126 Å². The summed E-state index contributed by atoms with van der Waals surface area (Å²) in [5.41, 5.74) is 6.77. The molecule has 3 aromatic rings. The number of rotatable bonds is 11. The summed E-state index contributed by atoms with van der Waals surface area (Å²) in [6.45, 7) is 17.3. The second kappa shape index (κ2) is 14.3. The monoisotopic (exact) mass is 581 g/mol. The molecule has 1 amide bonds. The number of benzene rings is 2. The van der Waals surface area contributed by atoms with Crippen molar-refractivity contribution < 1.29 is 9.00 Å². The van der Waals surface area contributed by atoms with Gasteiger partial charge in [-0.1, -0.05) is 80.3 Å². The zero-order valence-electron chi connectivity index (χ0n) is 25.0. The van der Waals surface area contributed by atoms with Crippen molar-refractivity contribution in [2.45, 2.75) is 34.6 Å². The van der Waals surface area contributed by atoms with Crippen LogP contribution >= 0.6 is 0 Å². The van der Waals surface area contributed by atoms with Crippen molar-refractivity contribution in [2.24, 2.45) is 4.99 Å². The number of nitrogens with zero attached hydrogens (tertiary/aromatic N) is 3. The van der Waals surface area contributed by atoms with E-state index in [1.54, 1.807) is 19.2 Å². The summed E-state index contributed by atoms with van der Waals surface area (Å²) in [5.74, 6) is 4.42. The first kappa shape index (κ1) is 31.8. The van der Waals surface area contributed by atoms with Crippen LogP contribution in [0.2, 0.25) is 0 Å². The van der Waals surface area contributed by atoms with Crippen LogP contribution in [0.3, 0.4) is 0 Å². The van der Waals surface area contributed by atoms with E-state index in [2.05, 4.69) is 39.8 Å². The third-order valence-corrected chi connectivity index (χ3v) is 8.27. The zero-order chi connectivity index (χ0) is 30.9. The van der Waals surface area contributed by atoms with Crippen LogP contribution in [0.4, 0.5) is 11.4 Å². The Hall–Kier alpha value is -4.69. The molecule has 1 atom stereocenters. The largest absolute Gasteiger partial charge is 0.344 e. The van der Waals surface area contributed by atoms with Crippen molar-refractivity contribution in [3.63, 3.8) is 0 Å². The Morgan fingerprint density at radius 1 is 1.12 bits per heavy atom. The number of hydrogen-bond donors (Lipinski definition) is 2. The highest BCUT2D eigenvalue weighted by Gasteiger charge is 2.21. The van der Waals surface area contributed by atoms with E-state index in [-0.39, 0.29) is 5.91 Å². The SMILES string of the molecule is C=C/C=C\C(=C/C)C(=C)/C=C\N=C(C)Nc1cc(NC(=O)c2cn(S(=C)(=O)CC)nc2-c2ccc(C)cc2)ccc1C. The second-order valence-corrected chi connectivity index (χ2v) is 12.2. The van der Waals surface area contributed by atoms with Gasteiger partial charge in [0.1, 0.15) is 11.5 Å². The fourth-order valence-corrected chi connectivity index (χ4v) is 4.69. The summed E-state index contributed by atoms with van der Waals surface area (Å²) in [6.07, 6.45) is 12.5. The molecule has 0 spiro atoms. The van der Waals surface area contributed by atoms with Crippen LogP contribution in [0.25, 0.3) is 11.3 Å². The molecule has 1 unspecified atom stereocenters. The molecule has 42 heavy (non-hydrogen) atoms. The number of anilines is 2. The van der Waals surface area contributed by atoms with Crippen LogP contribution in [-0.4, -0.2) is 36.8 Å². The fraction of sp³-hybridized carbons (Fsp3) is 0.176. The molecule has 3 rings (SSSR count). The molecule has 0 bridgehead atoms. The molecule has 0 saturated carbocycles. The Morgan fingerprint density at radius 2 is 1.83 bits per heavy atom. The molecule has 7 nitrogen and oxygen atoms in total. The summed E-state index contributed by atoms with van der Waals surface area (Å²) in [6, 6.07) is 13.3. The Morgan fingerprint density at radius 3 is 2.48 bits per heavy atom. The van der Waals surface area contributed by atoms with Gasteiger partial charge < -0.3 is 10.6 Å². The average Bonchev–Trinajstić information content (AvgIpc) is 3.42. The van der Waals surface area contributed by atoms with E-state index in [0.717, 1.165) is 33.5 Å². The molecule has 0 aliphatic carbocycles. The summed E-state index contributed by atoms with van der Waals surface area (Å²) in [5, 5.41) is 10.8. The molecule has 0 radical (unpaired) electrons. The van der Waals surface area contributed by atoms with Crippen LogP contribution in [0, 0.1) is 13.8 Å². The summed E-state index contributed by atoms with van der Waals surface area (Å²) >= 11 is 0. The normalized spacial score (nSPS) is 13.7. The Balaban J connectivity index is 1.84. The number of allylic oxidation sites excluding steroid dienone is 7. The van der Waals surface area contributed by atoms with Gasteiger partial charge in [0.05, 0.1) is 21.5 Å². The van der Waals surface area contributed by atoms with Crippen LogP contribution in [0.1, 0.15) is 42.3 Å². The van der Waals surface area contributed by atoms with Gasteiger partial charge in [-0.3, -0.25) is 4.79 Å². The van der Waals surface area contributed by atoms with Crippen molar-refractivity contribution >= 4 is 38.7 Å². The number of aryl methyl sites for hydroxylation is 2. The van der Waals surface area contributed by atoms with Crippen LogP contribution in [0.5, 0.6) is 0 Å². The van der Waals surface area contributed by atoms with Crippen LogP contribution < -0.4 is 10.6 Å². The van der Waals surface area contributed by atoms with Gasteiger partial charge in [-0.15, -0.1) is 0 Å². The maximum absolute atomic E-state index is 13.5. The van der Waals surface area contributed by atoms with Gasteiger partial charge in [-0.25, -0.2) is 9.20 Å². The standard InChI is InChI=1S/C34H39N5O2S/c1-9-12-13-28(10-2)25(5)20-21-35-27(7)36-32-22-30(19-16-26(32)6)37-34(40)31-23-39(42(8,41)11-3)38-33(31)29-17-14-24(4)15-18-29/h9-10,12-23H,1,5,8,11H2,2-4,6-7H3,(H,35,36)(H,37,40)/b13-12-,21-20-,28-10+. The molecular weight excluding hydrogens is 542 g/mol. The van der Waals surface area contributed by atoms with Gasteiger partial charge in [0, 0.05) is 28.9 Å². The lowest BCUT2D eigenvalue weighted by molar-refractivity contribution is 0.102. The van der Waals surface area contributed by atoms with Crippen molar-refractivity contribution in [3.8, 4) is 11.3 Å². The summed E-state index contributed by atoms with van der Waals surface area (Å²) < 4.78 is 14.3. The molecular formula is C34H39N5O2S. The lowest BCUT2D eigenvalue weighted by Crippen LogP contribution is -2.15. The first-order valence-electron chi connectivity index (χ1n) is 13.6. The van der Waals surface area contributed by atoms with Crippen molar-refractivity contribution in [2.75, 3.05) is 16.4 Å². The number of nitrogens with one attached hydrogen (secondary N) is 2. The van der Waals surface area contributed by atoms with E-state index in [1.807, 2.05) is 94.5 Å². The number of carbonyl (C=O) groups is 1. The van der Waals surface area contributed by atoms with E-state index >= 15 is 0 Å². The molecule has 0 saturated heterocycles. The number of hydrogen-bond acceptors (Lipinski definition) is 4. The van der Waals surface area contributed by atoms with Gasteiger partial charge in [0.2, 0.25) is 0 Å². The number of amidine groups is 1. The molecule has 8 heteroatoms. The summed E-state index contributed by atoms with van der Waals surface area (Å²) in [4.78, 5) is 18.0. The maximum Gasteiger partial charge on any atom is 0.259 e. The number of aliphatic imine (C=N–C) groups is 1. The van der Waals surface area contributed by atoms with Crippen molar-refractivity contribution in [1.82, 2.24) is 9.19 Å². The third kappa shape index (κ3) is 8.17. The highest BCUT2D eigenvalue weighted by molar-refractivity contribution is 7.98. The molecule has 0 aliphatic rings. The molecule has 218 valence electrons. The van der Waals surface area contributed by atoms with E-state index in [4.69, 9.17) is 0 Å². The topological polar surface area (TPSA) is 88.4 Å². The predicted molar refractivity (Wildman–Crippen MR) is 181 cm³/mol. The van der Waals surface area contributed by atoms with Crippen LogP contribution in [-0.2, 0) is 9.71 Å². The Labute approximate surface area is 249 Å². The molecule has 1 heterocycles. The van der Waals surface area contributed by atoms with Gasteiger partial charge in [-0.2, -0.15) is 9.19 Å². The zero-order valence-corrected chi connectivity index (χ0v) is 25.8. The fourth-order valence-electron chi connectivity index (χ4n) is 3.90. The van der Waals surface area contributed by atoms with Gasteiger partial charge in [0.25, 0.3) is 5.91 Å². The van der Waals surface area contributed by atoms with E-state index in [9.17, 15) is 9.00 Å². The molecule has 0 fully saturated rings. The minimum atomic E-state index is -2.69. The Kier molecular flexibility index (Phi) is 10.8. The van der Waals surface area contributed by atoms with E-state index < -0.39 is 9.71 Å². The van der Waals surface area contributed by atoms with Gasteiger partial charge in [0.15, 0.2) is 0 Å². The minimum absolute atomic E-state index is 0.295. The second-order valence-electron chi connectivity index (χ2n) is 9.72. The van der Waals surface area contributed by atoms with Crippen molar-refractivity contribution in [1.29, 1.82) is 0 Å². The molecule has 1 aromatic heterocycles. The minimum Gasteiger partial charge on any atom is -0.344 e. The third-order valence-electron chi connectivity index (χ3n) is 6.50. The molecule has 2 aromatic carbocycles. The highest BCUT2D eigenvalue weighted by atomic mass is 32.2. The summed E-state index contributed by atoms with van der Waals surface area (Å²) in [7, 11) is -2.69. The first-order valence-corrected chi connectivity index (χ1v) is 15.4. The van der Waals surface area contributed by atoms with Gasteiger partial charge >= 0.3 is 0 Å². The molecule has 0 aliphatic heterocycles. The number of amides is 1. The quantitative estimate of drug-likeness (QED) is 0.106. The average molecular weight is 582 g/mol. The number of carbonyl (C=O) groups excluding carboxylic acids is 1. The first-order chi connectivity index (χ1) is 20.0. The van der Waals surface area contributed by atoms with Gasteiger partial charge in [-0.05, 0) is 68.5 Å². The molecule has 2 N–H and O–H groups in total. The maximum atomic E-state index is 13.5. The lowest BCUT2D eigenvalue weighted by Gasteiger charge is -2.12. The van der Waals surface area contributed by atoms with Crippen LogP contribution in [0.15, 0.2) is 115 Å².